The molecule has 2 saturated heterocycles. The molecular weight excluding hydrogens is 411 g/mol. The normalized spacial score (nSPS) is 19.3. The maximum Gasteiger partial charge on any atom is 0.254 e. The molecule has 1 N–H and O–H groups in total. The summed E-state index contributed by atoms with van der Waals surface area (Å²) < 4.78 is 52.9. The molecule has 30 heavy (non-hydrogen) atoms. The highest BCUT2D eigenvalue weighted by Gasteiger charge is 2.42. The fourth-order valence-corrected chi connectivity index (χ4v) is 5.33. The third kappa shape index (κ3) is 5.38. The molecule has 1 amide bonds. The summed E-state index contributed by atoms with van der Waals surface area (Å²) >= 11 is 0. The van der Waals surface area contributed by atoms with E-state index < -0.39 is 27.5 Å². The standard InChI is InChI=1S/C21H31FN2O5S/c1-2-3-4-5-6-11-23-20(25)18-16-17(7-8-19(18)22)30(26,27)24-12-9-21(10-13-24)28-14-15-29-21/h7-8,16H,2-6,9-15H2,1H3,(H,23,25). The van der Waals surface area contributed by atoms with Gasteiger partial charge >= 0.3 is 0 Å². The summed E-state index contributed by atoms with van der Waals surface area (Å²) in [6, 6.07) is 3.38. The van der Waals surface area contributed by atoms with Crippen molar-refractivity contribution >= 4 is 15.9 Å². The van der Waals surface area contributed by atoms with E-state index in [1.54, 1.807) is 0 Å². The van der Waals surface area contributed by atoms with Crippen LogP contribution in [0.1, 0.15) is 62.2 Å². The number of unbranched alkanes of at least 4 members (excludes halogenated alkanes) is 4. The molecule has 2 aliphatic heterocycles. The average Bonchev–Trinajstić information content (AvgIpc) is 3.18. The zero-order valence-corrected chi connectivity index (χ0v) is 18.3. The summed E-state index contributed by atoms with van der Waals surface area (Å²) in [6.07, 6.45) is 6.08. The molecule has 3 rings (SSSR count). The average molecular weight is 443 g/mol. The Balaban J connectivity index is 1.62. The number of hydrogen-bond donors (Lipinski definition) is 1. The summed E-state index contributed by atoms with van der Waals surface area (Å²) in [4.78, 5) is 12.3. The summed E-state index contributed by atoms with van der Waals surface area (Å²) in [6.45, 7) is 4.10. The highest BCUT2D eigenvalue weighted by atomic mass is 32.2. The topological polar surface area (TPSA) is 84.9 Å². The number of carbonyl (C=O) groups excluding carboxylic acids is 1. The fraction of sp³-hybridized carbons (Fsp3) is 0.667. The Morgan fingerprint density at radius 1 is 1.13 bits per heavy atom. The molecule has 2 heterocycles. The molecule has 1 aromatic carbocycles. The van der Waals surface area contributed by atoms with Gasteiger partial charge in [0.1, 0.15) is 5.82 Å². The Labute approximate surface area is 178 Å². The van der Waals surface area contributed by atoms with Crippen LogP contribution in [0.5, 0.6) is 0 Å². The lowest BCUT2D eigenvalue weighted by molar-refractivity contribution is -0.179. The van der Waals surface area contributed by atoms with Crippen LogP contribution in [-0.4, -0.2) is 57.3 Å². The van der Waals surface area contributed by atoms with Crippen LogP contribution in [0.15, 0.2) is 23.1 Å². The van der Waals surface area contributed by atoms with Crippen molar-refractivity contribution in [1.29, 1.82) is 0 Å². The molecule has 2 aliphatic rings. The molecule has 0 atom stereocenters. The largest absolute Gasteiger partial charge is 0.352 e. The van der Waals surface area contributed by atoms with Crippen LogP contribution in [0.2, 0.25) is 0 Å². The maximum atomic E-state index is 14.2. The number of halogens is 1. The number of carbonyl (C=O) groups is 1. The summed E-state index contributed by atoms with van der Waals surface area (Å²) in [5.74, 6) is -2.01. The Kier molecular flexibility index (Phi) is 7.84. The van der Waals surface area contributed by atoms with E-state index in [0.717, 1.165) is 44.2 Å². The summed E-state index contributed by atoms with van der Waals surface area (Å²) in [5.41, 5.74) is -0.249. The van der Waals surface area contributed by atoms with E-state index in [0.29, 0.717) is 32.6 Å². The van der Waals surface area contributed by atoms with Gasteiger partial charge in [-0.25, -0.2) is 12.8 Å². The van der Waals surface area contributed by atoms with Crippen molar-refractivity contribution in [3.05, 3.63) is 29.6 Å². The van der Waals surface area contributed by atoms with Gasteiger partial charge in [0.15, 0.2) is 5.79 Å². The van der Waals surface area contributed by atoms with E-state index in [1.165, 1.54) is 10.4 Å². The second kappa shape index (κ2) is 10.2. The third-order valence-electron chi connectivity index (χ3n) is 5.68. The third-order valence-corrected chi connectivity index (χ3v) is 7.58. The quantitative estimate of drug-likeness (QED) is 0.594. The monoisotopic (exact) mass is 442 g/mol. The molecule has 0 radical (unpaired) electrons. The van der Waals surface area contributed by atoms with Gasteiger partial charge < -0.3 is 14.8 Å². The van der Waals surface area contributed by atoms with Gasteiger partial charge in [-0.2, -0.15) is 4.31 Å². The first kappa shape index (κ1) is 23.1. The van der Waals surface area contributed by atoms with Crippen molar-refractivity contribution in [1.82, 2.24) is 9.62 Å². The van der Waals surface area contributed by atoms with Crippen molar-refractivity contribution in [2.24, 2.45) is 0 Å². The van der Waals surface area contributed by atoms with Crippen LogP contribution < -0.4 is 5.32 Å². The lowest BCUT2D eigenvalue weighted by Crippen LogP contribution is -2.47. The number of amides is 1. The molecule has 1 aromatic rings. The van der Waals surface area contributed by atoms with Crippen molar-refractivity contribution in [2.45, 2.75) is 62.6 Å². The first-order valence-corrected chi connectivity index (χ1v) is 12.2. The molecule has 2 fully saturated rings. The minimum Gasteiger partial charge on any atom is -0.352 e. The molecule has 168 valence electrons. The van der Waals surface area contributed by atoms with Gasteiger partial charge in [-0.05, 0) is 24.6 Å². The molecule has 0 aromatic heterocycles. The second-order valence-corrected chi connectivity index (χ2v) is 9.76. The zero-order chi connectivity index (χ0) is 21.6. The molecule has 0 unspecified atom stereocenters. The molecule has 1 spiro atoms. The second-order valence-electron chi connectivity index (χ2n) is 7.82. The molecule has 0 saturated carbocycles. The van der Waals surface area contributed by atoms with Crippen LogP contribution in [0, 0.1) is 5.82 Å². The van der Waals surface area contributed by atoms with Gasteiger partial charge in [0, 0.05) is 32.5 Å². The van der Waals surface area contributed by atoms with E-state index in [1.807, 2.05) is 0 Å². The molecule has 0 aliphatic carbocycles. The Morgan fingerprint density at radius 3 is 2.47 bits per heavy atom. The van der Waals surface area contributed by atoms with Crippen LogP contribution in [-0.2, 0) is 19.5 Å². The van der Waals surface area contributed by atoms with Gasteiger partial charge in [-0.15, -0.1) is 0 Å². The molecule has 7 nitrogen and oxygen atoms in total. The van der Waals surface area contributed by atoms with E-state index in [2.05, 4.69) is 12.2 Å². The number of rotatable bonds is 9. The number of sulfonamides is 1. The Morgan fingerprint density at radius 2 is 1.80 bits per heavy atom. The summed E-state index contributed by atoms with van der Waals surface area (Å²) in [7, 11) is -3.84. The fourth-order valence-electron chi connectivity index (χ4n) is 3.87. The van der Waals surface area contributed by atoms with Gasteiger partial charge in [0.2, 0.25) is 10.0 Å². The number of benzene rings is 1. The minimum absolute atomic E-state index is 0.0822. The van der Waals surface area contributed by atoms with Gasteiger partial charge in [0.25, 0.3) is 5.91 Å². The summed E-state index contributed by atoms with van der Waals surface area (Å²) in [5, 5.41) is 2.69. The van der Waals surface area contributed by atoms with Crippen LogP contribution in [0.4, 0.5) is 4.39 Å². The highest BCUT2D eigenvalue weighted by Crippen LogP contribution is 2.33. The number of ether oxygens (including phenoxy) is 2. The molecule has 0 bridgehead atoms. The van der Waals surface area contributed by atoms with Crippen LogP contribution in [0.25, 0.3) is 0 Å². The maximum absolute atomic E-state index is 14.2. The van der Waals surface area contributed by atoms with Gasteiger partial charge in [0.05, 0.1) is 23.7 Å². The highest BCUT2D eigenvalue weighted by molar-refractivity contribution is 7.89. The van der Waals surface area contributed by atoms with E-state index in [-0.39, 0.29) is 23.5 Å². The van der Waals surface area contributed by atoms with E-state index in [4.69, 9.17) is 9.47 Å². The molecule has 9 heteroatoms. The van der Waals surface area contributed by atoms with Gasteiger partial charge in [-0.3, -0.25) is 4.79 Å². The number of nitrogens with one attached hydrogen (secondary N) is 1. The van der Waals surface area contributed by atoms with Crippen LogP contribution in [0.3, 0.4) is 0 Å². The number of nitrogens with zero attached hydrogens (tertiary/aromatic N) is 1. The van der Waals surface area contributed by atoms with Crippen molar-refractivity contribution in [2.75, 3.05) is 32.8 Å². The molecular formula is C21H31FN2O5S. The lowest BCUT2D eigenvalue weighted by atomic mass is 10.1. The van der Waals surface area contributed by atoms with Crippen molar-refractivity contribution in [3.8, 4) is 0 Å². The predicted octanol–water partition coefficient (Wildman–Crippen LogP) is 3.05. The van der Waals surface area contributed by atoms with Gasteiger partial charge in [-0.1, -0.05) is 32.6 Å². The van der Waals surface area contributed by atoms with Crippen LogP contribution >= 0.6 is 0 Å². The lowest BCUT2D eigenvalue weighted by Gasteiger charge is -2.36. The SMILES string of the molecule is CCCCCCCNC(=O)c1cc(S(=O)(=O)N2CCC3(CC2)OCCO3)ccc1F. The Bertz CT molecular complexity index is 830. The zero-order valence-electron chi connectivity index (χ0n) is 17.5. The number of piperidine rings is 1. The smallest absolute Gasteiger partial charge is 0.254 e. The minimum atomic E-state index is -3.84. The van der Waals surface area contributed by atoms with Crippen molar-refractivity contribution in [3.63, 3.8) is 0 Å². The number of hydrogen-bond acceptors (Lipinski definition) is 5. The first-order chi connectivity index (χ1) is 14.4. The van der Waals surface area contributed by atoms with E-state index in [9.17, 15) is 17.6 Å². The Hall–Kier alpha value is -1.55. The van der Waals surface area contributed by atoms with Crippen molar-refractivity contribution < 1.29 is 27.1 Å². The predicted molar refractivity (Wildman–Crippen MR) is 110 cm³/mol. The first-order valence-electron chi connectivity index (χ1n) is 10.7. The van der Waals surface area contributed by atoms with E-state index >= 15 is 0 Å².